The van der Waals surface area contributed by atoms with Gasteiger partial charge in [0.25, 0.3) is 0 Å². The highest BCUT2D eigenvalue weighted by molar-refractivity contribution is 5.44. The summed E-state index contributed by atoms with van der Waals surface area (Å²) in [5, 5.41) is 3.33. The van der Waals surface area contributed by atoms with Crippen LogP contribution >= 0.6 is 0 Å². The van der Waals surface area contributed by atoms with Crippen molar-refractivity contribution in [3.05, 3.63) is 83.3 Å². The highest BCUT2D eigenvalue weighted by Crippen LogP contribution is 2.22. The molecule has 0 saturated carbocycles. The zero-order valence-electron chi connectivity index (χ0n) is 14.5. The van der Waals surface area contributed by atoms with Crippen LogP contribution < -0.4 is 10.2 Å². The van der Waals surface area contributed by atoms with Crippen LogP contribution in [0.15, 0.2) is 60.8 Å². The number of hydrogen-bond donors (Lipinski definition) is 1. The Morgan fingerprint density at radius 3 is 2.65 bits per heavy atom. The van der Waals surface area contributed by atoms with Crippen molar-refractivity contribution in [3.63, 3.8) is 0 Å². The van der Waals surface area contributed by atoms with Gasteiger partial charge in [-0.15, -0.1) is 0 Å². The van der Waals surface area contributed by atoms with Gasteiger partial charge in [-0.25, -0.2) is 9.37 Å². The van der Waals surface area contributed by atoms with Gasteiger partial charge >= 0.3 is 0 Å². The number of hydrogen-bond acceptors (Lipinski definition) is 4. The molecule has 1 aromatic heterocycles. The molecule has 0 atom stereocenters. The lowest BCUT2D eigenvalue weighted by molar-refractivity contribution is 0.627. The smallest absolute Gasteiger partial charge is 0.227 e. The normalized spacial score (nSPS) is 13.3. The largest absolute Gasteiger partial charge is 0.370 e. The maximum Gasteiger partial charge on any atom is 0.227 e. The van der Waals surface area contributed by atoms with Gasteiger partial charge in [0.2, 0.25) is 5.95 Å². The molecule has 2 heterocycles. The van der Waals surface area contributed by atoms with E-state index in [1.165, 1.54) is 23.3 Å². The Kier molecular flexibility index (Phi) is 4.78. The van der Waals surface area contributed by atoms with Crippen LogP contribution in [0.25, 0.3) is 0 Å². The van der Waals surface area contributed by atoms with Crippen molar-refractivity contribution < 1.29 is 4.39 Å². The average molecular weight is 348 g/mol. The summed E-state index contributed by atoms with van der Waals surface area (Å²) in [6.07, 6.45) is 3.63. The predicted molar refractivity (Wildman–Crippen MR) is 102 cm³/mol. The Bertz CT molecular complexity index is 879. The summed E-state index contributed by atoms with van der Waals surface area (Å²) in [5.41, 5.74) is 3.86. The second-order valence-corrected chi connectivity index (χ2v) is 6.49. The molecule has 4 nitrogen and oxygen atoms in total. The van der Waals surface area contributed by atoms with Gasteiger partial charge in [0.1, 0.15) is 11.6 Å². The van der Waals surface area contributed by atoms with E-state index in [0.29, 0.717) is 0 Å². The fourth-order valence-corrected chi connectivity index (χ4v) is 3.25. The van der Waals surface area contributed by atoms with Gasteiger partial charge in [0.05, 0.1) is 0 Å². The van der Waals surface area contributed by atoms with Crippen LogP contribution in [0.4, 0.5) is 16.2 Å². The van der Waals surface area contributed by atoms with E-state index < -0.39 is 0 Å². The van der Waals surface area contributed by atoms with Gasteiger partial charge in [-0.3, -0.25) is 0 Å². The summed E-state index contributed by atoms with van der Waals surface area (Å²) in [6.45, 7) is 2.51. The Hall–Kier alpha value is -2.95. The van der Waals surface area contributed by atoms with Crippen molar-refractivity contribution >= 4 is 11.8 Å². The first-order chi connectivity index (χ1) is 12.8. The van der Waals surface area contributed by atoms with Crippen molar-refractivity contribution in [2.45, 2.75) is 19.4 Å². The van der Waals surface area contributed by atoms with Crippen molar-refractivity contribution in [1.82, 2.24) is 9.97 Å². The molecule has 0 bridgehead atoms. The molecular formula is C21H21FN4. The van der Waals surface area contributed by atoms with Gasteiger partial charge in [-0.05, 0) is 47.7 Å². The van der Waals surface area contributed by atoms with E-state index in [0.717, 1.165) is 49.8 Å². The third-order valence-corrected chi connectivity index (χ3v) is 4.69. The molecule has 3 aromatic rings. The lowest BCUT2D eigenvalue weighted by Crippen LogP contribution is -2.31. The van der Waals surface area contributed by atoms with E-state index in [4.69, 9.17) is 0 Å². The molecule has 0 aliphatic carbocycles. The highest BCUT2D eigenvalue weighted by atomic mass is 19.1. The van der Waals surface area contributed by atoms with Crippen LogP contribution in [0.5, 0.6) is 0 Å². The topological polar surface area (TPSA) is 41.1 Å². The Morgan fingerprint density at radius 1 is 1.00 bits per heavy atom. The van der Waals surface area contributed by atoms with Crippen molar-refractivity contribution in [2.24, 2.45) is 0 Å². The standard InChI is InChI=1S/C21H21FN4/c22-19-7-5-16(6-8-19)9-12-23-20-10-13-24-21(25-20)26-14-11-17-3-1-2-4-18(17)15-26/h1-8,10,13H,9,11-12,14-15H2,(H,23,24,25). The van der Waals surface area contributed by atoms with Crippen LogP contribution in [0.2, 0.25) is 0 Å². The minimum absolute atomic E-state index is 0.203. The van der Waals surface area contributed by atoms with Crippen LogP contribution in [-0.4, -0.2) is 23.1 Å². The number of nitrogens with zero attached hydrogens (tertiary/aromatic N) is 3. The molecule has 0 spiro atoms. The average Bonchev–Trinajstić information content (AvgIpc) is 2.69. The van der Waals surface area contributed by atoms with Gasteiger partial charge in [0.15, 0.2) is 0 Å². The number of nitrogens with one attached hydrogen (secondary N) is 1. The maximum absolute atomic E-state index is 13.0. The zero-order valence-corrected chi connectivity index (χ0v) is 14.5. The van der Waals surface area contributed by atoms with Crippen molar-refractivity contribution in [2.75, 3.05) is 23.3 Å². The van der Waals surface area contributed by atoms with E-state index in [1.807, 2.05) is 18.2 Å². The molecule has 0 amide bonds. The van der Waals surface area contributed by atoms with Crippen LogP contribution in [0.3, 0.4) is 0 Å². The molecule has 4 rings (SSSR count). The lowest BCUT2D eigenvalue weighted by atomic mass is 10.0. The molecule has 2 aromatic carbocycles. The van der Waals surface area contributed by atoms with Gasteiger partial charge in [-0.1, -0.05) is 36.4 Å². The molecule has 26 heavy (non-hydrogen) atoms. The third-order valence-electron chi connectivity index (χ3n) is 4.69. The first-order valence-electron chi connectivity index (χ1n) is 8.91. The van der Waals surface area contributed by atoms with Crippen LogP contribution in [0, 0.1) is 5.82 Å². The summed E-state index contributed by atoms with van der Waals surface area (Å²) >= 11 is 0. The van der Waals surface area contributed by atoms with Crippen molar-refractivity contribution in [1.29, 1.82) is 0 Å². The fourth-order valence-electron chi connectivity index (χ4n) is 3.25. The third kappa shape index (κ3) is 3.82. The summed E-state index contributed by atoms with van der Waals surface area (Å²) in [4.78, 5) is 11.3. The zero-order chi connectivity index (χ0) is 17.8. The minimum atomic E-state index is -0.203. The van der Waals surface area contributed by atoms with Gasteiger partial charge in [0, 0.05) is 25.8 Å². The number of aromatic nitrogens is 2. The summed E-state index contributed by atoms with van der Waals surface area (Å²) in [5.74, 6) is 1.37. The molecule has 5 heteroatoms. The number of halogens is 1. The molecule has 0 radical (unpaired) electrons. The van der Waals surface area contributed by atoms with E-state index >= 15 is 0 Å². The summed E-state index contributed by atoms with van der Waals surface area (Å²) in [7, 11) is 0. The highest BCUT2D eigenvalue weighted by Gasteiger charge is 2.18. The second kappa shape index (κ2) is 7.52. The molecule has 132 valence electrons. The number of fused-ring (bicyclic) bond motifs is 1. The number of anilines is 2. The molecule has 0 unspecified atom stereocenters. The summed E-state index contributed by atoms with van der Waals surface area (Å²) in [6, 6.07) is 17.0. The van der Waals surface area contributed by atoms with E-state index in [1.54, 1.807) is 6.20 Å². The Balaban J connectivity index is 1.38. The van der Waals surface area contributed by atoms with Crippen LogP contribution in [-0.2, 0) is 19.4 Å². The fraction of sp³-hybridized carbons (Fsp3) is 0.238. The van der Waals surface area contributed by atoms with E-state index in [2.05, 4.69) is 44.5 Å². The first kappa shape index (κ1) is 16.5. The van der Waals surface area contributed by atoms with Crippen LogP contribution in [0.1, 0.15) is 16.7 Å². The number of rotatable bonds is 5. The Morgan fingerprint density at radius 2 is 1.81 bits per heavy atom. The van der Waals surface area contributed by atoms with Crippen molar-refractivity contribution in [3.8, 4) is 0 Å². The van der Waals surface area contributed by atoms with E-state index in [-0.39, 0.29) is 5.82 Å². The molecule has 0 fully saturated rings. The SMILES string of the molecule is Fc1ccc(CCNc2ccnc(N3CCc4ccccc4C3)n2)cc1. The molecule has 1 aliphatic heterocycles. The molecule has 0 saturated heterocycles. The molecule has 1 N–H and O–H groups in total. The number of benzene rings is 2. The second-order valence-electron chi connectivity index (χ2n) is 6.49. The summed E-state index contributed by atoms with van der Waals surface area (Å²) < 4.78 is 13.0. The maximum atomic E-state index is 13.0. The van der Waals surface area contributed by atoms with E-state index in [9.17, 15) is 4.39 Å². The molecular weight excluding hydrogens is 327 g/mol. The Labute approximate surface area is 152 Å². The lowest BCUT2D eigenvalue weighted by Gasteiger charge is -2.28. The minimum Gasteiger partial charge on any atom is -0.370 e. The van der Waals surface area contributed by atoms with Gasteiger partial charge in [-0.2, -0.15) is 4.98 Å². The first-order valence-corrected chi connectivity index (χ1v) is 8.91. The quantitative estimate of drug-likeness (QED) is 0.761. The predicted octanol–water partition coefficient (Wildman–Crippen LogP) is 3.83. The van der Waals surface area contributed by atoms with Gasteiger partial charge < -0.3 is 10.2 Å². The molecule has 1 aliphatic rings. The monoisotopic (exact) mass is 348 g/mol.